The molecule has 5 N–H and O–H groups in total. The average Bonchev–Trinajstić information content (AvgIpc) is 2.63. The van der Waals surface area contributed by atoms with Crippen LogP contribution in [0.25, 0.3) is 0 Å². The van der Waals surface area contributed by atoms with Gasteiger partial charge in [0, 0.05) is 10.6 Å². The van der Waals surface area contributed by atoms with Gasteiger partial charge in [0.2, 0.25) is 5.91 Å². The lowest BCUT2D eigenvalue weighted by atomic mass is 9.87. The van der Waals surface area contributed by atoms with E-state index in [0.29, 0.717) is 0 Å². The fourth-order valence-electron chi connectivity index (χ4n) is 2.41. The molecule has 1 aliphatic carbocycles. The lowest BCUT2D eigenvalue weighted by Crippen LogP contribution is -2.57. The highest BCUT2D eigenvalue weighted by atomic mass is 35.5. The Bertz CT molecular complexity index is 890. The number of carbonyl (C=O) groups is 2. The van der Waals surface area contributed by atoms with Crippen LogP contribution >= 0.6 is 11.6 Å². The Balaban J connectivity index is 2.14. The van der Waals surface area contributed by atoms with Crippen molar-refractivity contribution in [2.75, 3.05) is 19.0 Å². The normalized spacial score (nSPS) is 21.2. The van der Waals surface area contributed by atoms with Crippen molar-refractivity contribution in [3.63, 3.8) is 0 Å². The Morgan fingerprint density at radius 1 is 1.43 bits per heavy atom. The first-order valence-electron chi connectivity index (χ1n) is 7.68. The number of nitrogens with two attached hydrogens (primary N) is 2. The molecule has 0 fully saturated rings. The maximum atomic E-state index is 13.1. The Labute approximate surface area is 163 Å². The number of rotatable bonds is 7. The molecule has 0 spiro atoms. The third-order valence-corrected chi connectivity index (χ3v) is 4.12. The summed E-state index contributed by atoms with van der Waals surface area (Å²) in [5, 5.41) is 13.5. The number of nitro groups is 1. The van der Waals surface area contributed by atoms with Gasteiger partial charge in [0.05, 0.1) is 18.2 Å². The molecule has 0 aromatic heterocycles. The van der Waals surface area contributed by atoms with E-state index in [0.717, 1.165) is 18.2 Å². The van der Waals surface area contributed by atoms with Gasteiger partial charge in [-0.05, 0) is 24.3 Å². The first-order chi connectivity index (χ1) is 13.1. The van der Waals surface area contributed by atoms with Crippen molar-refractivity contribution >= 4 is 29.1 Å². The van der Waals surface area contributed by atoms with Gasteiger partial charge in [-0.25, -0.2) is 4.39 Å². The second kappa shape index (κ2) is 8.23. The SMILES string of the molecule is COC1=CC(N)([N+](=O)[O-])C(C(N)=O)C=C1OCC(=O)Nc1ccc(F)c(Cl)c1. The predicted octanol–water partition coefficient (Wildman–Crippen LogP) is 0.895. The average molecular weight is 415 g/mol. The monoisotopic (exact) mass is 414 g/mol. The van der Waals surface area contributed by atoms with Gasteiger partial charge in [-0.3, -0.25) is 25.4 Å². The maximum Gasteiger partial charge on any atom is 0.310 e. The van der Waals surface area contributed by atoms with Crippen LogP contribution in [0.1, 0.15) is 0 Å². The lowest BCUT2D eigenvalue weighted by molar-refractivity contribution is -0.559. The first kappa shape index (κ1) is 21.1. The fraction of sp³-hybridized carbons (Fsp3) is 0.250. The molecule has 2 atom stereocenters. The van der Waals surface area contributed by atoms with Crippen molar-refractivity contribution in [1.82, 2.24) is 0 Å². The highest BCUT2D eigenvalue weighted by Gasteiger charge is 2.51. The summed E-state index contributed by atoms with van der Waals surface area (Å²) in [5.41, 5.74) is 8.78. The lowest BCUT2D eigenvalue weighted by Gasteiger charge is -2.28. The van der Waals surface area contributed by atoms with E-state index in [9.17, 15) is 24.1 Å². The summed E-state index contributed by atoms with van der Waals surface area (Å²) < 4.78 is 23.4. The molecule has 1 aliphatic rings. The predicted molar refractivity (Wildman–Crippen MR) is 95.8 cm³/mol. The van der Waals surface area contributed by atoms with Gasteiger partial charge in [-0.2, -0.15) is 0 Å². The molecule has 0 saturated heterocycles. The number of primary amides is 1. The van der Waals surface area contributed by atoms with Crippen LogP contribution in [0.4, 0.5) is 10.1 Å². The van der Waals surface area contributed by atoms with Crippen LogP contribution in [0, 0.1) is 21.8 Å². The zero-order valence-corrected chi connectivity index (χ0v) is 15.2. The molecule has 2 amide bonds. The van der Waals surface area contributed by atoms with E-state index < -0.39 is 40.7 Å². The number of hydrogen-bond donors (Lipinski definition) is 3. The molecule has 0 heterocycles. The van der Waals surface area contributed by atoms with E-state index in [4.69, 9.17) is 32.5 Å². The molecule has 2 unspecified atom stereocenters. The highest BCUT2D eigenvalue weighted by Crippen LogP contribution is 2.31. The molecule has 0 saturated carbocycles. The number of benzene rings is 1. The van der Waals surface area contributed by atoms with E-state index in [1.165, 1.54) is 19.2 Å². The molecule has 1 aromatic carbocycles. The second-order valence-corrected chi connectivity index (χ2v) is 6.14. The highest BCUT2D eigenvalue weighted by molar-refractivity contribution is 6.31. The number of hydrogen-bond acceptors (Lipinski definition) is 7. The minimum Gasteiger partial charge on any atom is -0.493 e. The van der Waals surface area contributed by atoms with E-state index >= 15 is 0 Å². The summed E-state index contributed by atoms with van der Waals surface area (Å²) in [5.74, 6) is -4.15. The van der Waals surface area contributed by atoms with Crippen LogP contribution in [0.15, 0.2) is 41.9 Å². The summed E-state index contributed by atoms with van der Waals surface area (Å²) in [6.07, 6.45) is 1.90. The van der Waals surface area contributed by atoms with Crippen LogP contribution < -0.4 is 16.8 Å². The number of carbonyl (C=O) groups excluding carboxylic acids is 2. The third-order valence-electron chi connectivity index (χ3n) is 3.83. The quantitative estimate of drug-likeness (QED) is 0.339. The van der Waals surface area contributed by atoms with Gasteiger partial charge in [0.15, 0.2) is 18.1 Å². The number of halogens is 2. The molecule has 2 rings (SSSR count). The Morgan fingerprint density at radius 3 is 2.64 bits per heavy atom. The van der Waals surface area contributed by atoms with Crippen molar-refractivity contribution in [2.24, 2.45) is 17.4 Å². The second-order valence-electron chi connectivity index (χ2n) is 5.73. The zero-order valence-electron chi connectivity index (χ0n) is 14.5. The van der Waals surface area contributed by atoms with Crippen LogP contribution in [0.2, 0.25) is 5.02 Å². The van der Waals surface area contributed by atoms with Crippen molar-refractivity contribution in [2.45, 2.75) is 5.66 Å². The topological polar surface area (TPSA) is 160 Å². The summed E-state index contributed by atoms with van der Waals surface area (Å²) in [6, 6.07) is 3.57. The smallest absolute Gasteiger partial charge is 0.310 e. The Hall–Kier alpha value is -3.18. The molecule has 0 aliphatic heterocycles. The third kappa shape index (κ3) is 4.38. The zero-order chi connectivity index (χ0) is 21.1. The number of nitrogens with one attached hydrogen (secondary N) is 1. The van der Waals surface area contributed by atoms with E-state index in [-0.39, 0.29) is 22.2 Å². The van der Waals surface area contributed by atoms with E-state index in [1.54, 1.807) is 0 Å². The largest absolute Gasteiger partial charge is 0.493 e. The van der Waals surface area contributed by atoms with Gasteiger partial charge in [0.25, 0.3) is 5.91 Å². The number of anilines is 1. The molecule has 0 radical (unpaired) electrons. The number of nitrogens with zero attached hydrogens (tertiary/aromatic N) is 1. The van der Waals surface area contributed by atoms with Crippen molar-refractivity contribution < 1.29 is 28.4 Å². The van der Waals surface area contributed by atoms with Crippen molar-refractivity contribution in [3.8, 4) is 0 Å². The van der Waals surface area contributed by atoms with Crippen LogP contribution in [0.5, 0.6) is 0 Å². The number of ether oxygens (including phenoxy) is 2. The summed E-state index contributed by atoms with van der Waals surface area (Å²) in [4.78, 5) is 34.0. The van der Waals surface area contributed by atoms with Gasteiger partial charge in [0.1, 0.15) is 11.7 Å². The van der Waals surface area contributed by atoms with Gasteiger partial charge >= 0.3 is 5.66 Å². The van der Waals surface area contributed by atoms with Gasteiger partial charge < -0.3 is 20.5 Å². The van der Waals surface area contributed by atoms with Crippen LogP contribution in [0.3, 0.4) is 0 Å². The molecule has 150 valence electrons. The summed E-state index contributed by atoms with van der Waals surface area (Å²) >= 11 is 5.63. The molecular weight excluding hydrogens is 399 g/mol. The molecule has 1 aromatic rings. The van der Waals surface area contributed by atoms with Crippen molar-refractivity contribution in [3.05, 3.63) is 62.8 Å². The minimum absolute atomic E-state index is 0.124. The Kier molecular flexibility index (Phi) is 6.21. The van der Waals surface area contributed by atoms with Crippen LogP contribution in [-0.2, 0) is 19.1 Å². The summed E-state index contributed by atoms with van der Waals surface area (Å²) in [7, 11) is 1.20. The first-order valence-corrected chi connectivity index (χ1v) is 8.05. The fourth-order valence-corrected chi connectivity index (χ4v) is 2.59. The summed E-state index contributed by atoms with van der Waals surface area (Å²) in [6.45, 7) is -0.553. The number of amides is 2. The van der Waals surface area contributed by atoms with Crippen LogP contribution in [-0.4, -0.2) is 36.1 Å². The standard InChI is InChI=1S/C16H16ClFN4O6/c1-27-13-6-16(20,22(25)26)9(15(19)24)5-12(13)28-7-14(23)21-8-2-3-11(18)10(17)4-8/h2-6,9H,7,20H2,1H3,(H2,19,24)(H,21,23). The number of methoxy groups -OCH3 is 1. The molecule has 28 heavy (non-hydrogen) atoms. The van der Waals surface area contributed by atoms with Gasteiger partial charge in [-0.15, -0.1) is 0 Å². The molecule has 0 bridgehead atoms. The van der Waals surface area contributed by atoms with Crippen molar-refractivity contribution in [1.29, 1.82) is 0 Å². The maximum absolute atomic E-state index is 13.1. The van der Waals surface area contributed by atoms with E-state index in [1.807, 2.05) is 0 Å². The molecule has 12 heteroatoms. The Morgan fingerprint density at radius 2 is 2.11 bits per heavy atom. The molecular formula is C16H16ClFN4O6. The minimum atomic E-state index is -2.32. The van der Waals surface area contributed by atoms with Gasteiger partial charge in [-0.1, -0.05) is 11.6 Å². The molecule has 10 nitrogen and oxygen atoms in total. The van der Waals surface area contributed by atoms with E-state index in [2.05, 4.69) is 5.32 Å².